The van der Waals surface area contributed by atoms with E-state index in [4.69, 9.17) is 4.74 Å². The SMILES string of the molecule is COc1cc2nc(C3CCS(=O)(=O)CC3)cn2cc1Br. The molecule has 0 atom stereocenters. The van der Waals surface area contributed by atoms with Crippen LogP contribution in [0.15, 0.2) is 22.9 Å². The van der Waals surface area contributed by atoms with Crippen molar-refractivity contribution < 1.29 is 13.2 Å². The monoisotopic (exact) mass is 358 g/mol. The summed E-state index contributed by atoms with van der Waals surface area (Å²) in [6, 6.07) is 1.87. The van der Waals surface area contributed by atoms with Crippen LogP contribution in [0.4, 0.5) is 0 Å². The zero-order valence-corrected chi connectivity index (χ0v) is 13.4. The van der Waals surface area contributed by atoms with Gasteiger partial charge >= 0.3 is 0 Å². The van der Waals surface area contributed by atoms with Crippen molar-refractivity contribution in [2.24, 2.45) is 0 Å². The molecule has 20 heavy (non-hydrogen) atoms. The molecule has 0 amide bonds. The lowest BCUT2D eigenvalue weighted by molar-refractivity contribution is 0.412. The van der Waals surface area contributed by atoms with Crippen LogP contribution in [0.1, 0.15) is 24.5 Å². The summed E-state index contributed by atoms with van der Waals surface area (Å²) in [5.74, 6) is 1.49. The molecule has 5 nitrogen and oxygen atoms in total. The Morgan fingerprint density at radius 3 is 2.70 bits per heavy atom. The van der Waals surface area contributed by atoms with E-state index in [0.717, 1.165) is 21.6 Å². The lowest BCUT2D eigenvalue weighted by Gasteiger charge is -2.19. The molecule has 0 spiro atoms. The molecule has 2 aromatic rings. The highest BCUT2D eigenvalue weighted by molar-refractivity contribution is 9.10. The smallest absolute Gasteiger partial charge is 0.150 e. The molecule has 7 heteroatoms. The fourth-order valence-electron chi connectivity index (χ4n) is 2.55. The third-order valence-electron chi connectivity index (χ3n) is 3.72. The number of imidazole rings is 1. The maximum Gasteiger partial charge on any atom is 0.150 e. The van der Waals surface area contributed by atoms with Gasteiger partial charge in [0.05, 0.1) is 28.8 Å². The predicted molar refractivity (Wildman–Crippen MR) is 80.1 cm³/mol. The summed E-state index contributed by atoms with van der Waals surface area (Å²) in [6.07, 6.45) is 5.20. The van der Waals surface area contributed by atoms with Crippen molar-refractivity contribution in [3.05, 3.63) is 28.6 Å². The molecule has 108 valence electrons. The van der Waals surface area contributed by atoms with Gasteiger partial charge in [0, 0.05) is 24.4 Å². The first-order chi connectivity index (χ1) is 9.48. The molecule has 0 aliphatic carbocycles. The number of hydrogen-bond donors (Lipinski definition) is 0. The van der Waals surface area contributed by atoms with Crippen LogP contribution in [0.25, 0.3) is 5.65 Å². The van der Waals surface area contributed by atoms with Crippen LogP contribution in [0.2, 0.25) is 0 Å². The van der Waals surface area contributed by atoms with E-state index in [-0.39, 0.29) is 17.4 Å². The van der Waals surface area contributed by atoms with E-state index < -0.39 is 9.84 Å². The van der Waals surface area contributed by atoms with Crippen molar-refractivity contribution >= 4 is 31.4 Å². The summed E-state index contributed by atoms with van der Waals surface area (Å²) in [6.45, 7) is 0. The van der Waals surface area contributed by atoms with Crippen LogP contribution in [-0.4, -0.2) is 36.4 Å². The normalized spacial score (nSPS) is 19.3. The highest BCUT2D eigenvalue weighted by Gasteiger charge is 2.26. The molecule has 0 N–H and O–H groups in total. The Balaban J connectivity index is 1.93. The largest absolute Gasteiger partial charge is 0.495 e. The summed E-state index contributed by atoms with van der Waals surface area (Å²) >= 11 is 3.44. The molecule has 3 heterocycles. The molecule has 0 saturated carbocycles. The number of methoxy groups -OCH3 is 1. The van der Waals surface area contributed by atoms with Crippen molar-refractivity contribution in [2.75, 3.05) is 18.6 Å². The van der Waals surface area contributed by atoms with E-state index >= 15 is 0 Å². The van der Waals surface area contributed by atoms with Gasteiger partial charge in [-0.1, -0.05) is 0 Å². The van der Waals surface area contributed by atoms with Gasteiger partial charge in [-0.2, -0.15) is 0 Å². The maximum absolute atomic E-state index is 11.5. The fourth-order valence-corrected chi connectivity index (χ4v) is 4.54. The first-order valence-electron chi connectivity index (χ1n) is 6.41. The quantitative estimate of drug-likeness (QED) is 0.826. The lowest BCUT2D eigenvalue weighted by Crippen LogP contribution is -2.22. The average molecular weight is 359 g/mol. The third-order valence-corrected chi connectivity index (χ3v) is 6.03. The number of aromatic nitrogens is 2. The summed E-state index contributed by atoms with van der Waals surface area (Å²) in [5, 5.41) is 0. The number of ether oxygens (including phenoxy) is 1. The van der Waals surface area contributed by atoms with Crippen LogP contribution < -0.4 is 4.74 Å². The lowest BCUT2D eigenvalue weighted by atomic mass is 10.00. The molecule has 1 saturated heterocycles. The average Bonchev–Trinajstić information content (AvgIpc) is 2.80. The molecular weight excluding hydrogens is 344 g/mol. The Morgan fingerprint density at radius 2 is 2.05 bits per heavy atom. The Bertz CT molecular complexity index is 740. The maximum atomic E-state index is 11.5. The Morgan fingerprint density at radius 1 is 1.35 bits per heavy atom. The van der Waals surface area contributed by atoms with Gasteiger partial charge in [-0.25, -0.2) is 13.4 Å². The van der Waals surface area contributed by atoms with Gasteiger partial charge in [0.2, 0.25) is 0 Å². The van der Waals surface area contributed by atoms with Crippen LogP contribution in [0.5, 0.6) is 5.75 Å². The van der Waals surface area contributed by atoms with Gasteiger partial charge in [0.25, 0.3) is 0 Å². The Labute approximate surface area is 126 Å². The summed E-state index contributed by atoms with van der Waals surface area (Å²) in [4.78, 5) is 4.60. The number of sulfone groups is 1. The molecule has 1 fully saturated rings. The standard InChI is InChI=1S/C13H15BrN2O3S/c1-19-12-6-13-15-11(8-16(13)7-10(12)14)9-2-4-20(17,18)5-3-9/h6-9H,2-5H2,1H3. The van der Waals surface area contributed by atoms with E-state index in [1.54, 1.807) is 7.11 Å². The zero-order chi connectivity index (χ0) is 14.3. The fraction of sp³-hybridized carbons (Fsp3) is 0.462. The van der Waals surface area contributed by atoms with E-state index in [0.29, 0.717) is 12.8 Å². The first kappa shape index (κ1) is 13.9. The second-order valence-electron chi connectivity index (χ2n) is 5.05. The number of nitrogens with zero attached hydrogens (tertiary/aromatic N) is 2. The van der Waals surface area contributed by atoms with E-state index in [1.807, 2.05) is 22.9 Å². The summed E-state index contributed by atoms with van der Waals surface area (Å²) in [7, 11) is -1.22. The molecule has 0 unspecified atom stereocenters. The van der Waals surface area contributed by atoms with E-state index in [9.17, 15) is 8.42 Å². The minimum atomic E-state index is -2.83. The highest BCUT2D eigenvalue weighted by Crippen LogP contribution is 2.31. The van der Waals surface area contributed by atoms with Crippen molar-refractivity contribution in [3.8, 4) is 5.75 Å². The second kappa shape index (κ2) is 5.04. The van der Waals surface area contributed by atoms with E-state index in [1.165, 1.54) is 0 Å². The number of halogens is 1. The Kier molecular flexibility index (Phi) is 3.50. The molecule has 2 aromatic heterocycles. The Hall–Kier alpha value is -1.08. The molecule has 3 rings (SSSR count). The van der Waals surface area contributed by atoms with Crippen LogP contribution >= 0.6 is 15.9 Å². The van der Waals surface area contributed by atoms with Crippen LogP contribution in [-0.2, 0) is 9.84 Å². The number of hydrogen-bond acceptors (Lipinski definition) is 4. The molecule has 0 bridgehead atoms. The zero-order valence-electron chi connectivity index (χ0n) is 11.0. The van der Waals surface area contributed by atoms with Gasteiger partial charge < -0.3 is 9.14 Å². The topological polar surface area (TPSA) is 60.7 Å². The van der Waals surface area contributed by atoms with Gasteiger partial charge in [-0.3, -0.25) is 0 Å². The summed E-state index contributed by atoms with van der Waals surface area (Å²) < 4.78 is 31.0. The molecule has 1 aliphatic rings. The van der Waals surface area contributed by atoms with Crippen LogP contribution in [0, 0.1) is 0 Å². The van der Waals surface area contributed by atoms with Crippen LogP contribution in [0.3, 0.4) is 0 Å². The molecule has 0 aromatic carbocycles. The minimum absolute atomic E-state index is 0.225. The molecule has 1 aliphatic heterocycles. The number of pyridine rings is 1. The number of fused-ring (bicyclic) bond motifs is 1. The van der Waals surface area contributed by atoms with Gasteiger partial charge in [-0.15, -0.1) is 0 Å². The van der Waals surface area contributed by atoms with Crippen molar-refractivity contribution in [1.82, 2.24) is 9.38 Å². The van der Waals surface area contributed by atoms with Crippen molar-refractivity contribution in [2.45, 2.75) is 18.8 Å². The van der Waals surface area contributed by atoms with Gasteiger partial charge in [0.15, 0.2) is 0 Å². The first-order valence-corrected chi connectivity index (χ1v) is 9.02. The highest BCUT2D eigenvalue weighted by atomic mass is 79.9. The van der Waals surface area contributed by atoms with Crippen molar-refractivity contribution in [1.29, 1.82) is 0 Å². The van der Waals surface area contributed by atoms with Gasteiger partial charge in [0.1, 0.15) is 21.2 Å². The third kappa shape index (κ3) is 2.56. The second-order valence-corrected chi connectivity index (χ2v) is 8.21. The van der Waals surface area contributed by atoms with Crippen molar-refractivity contribution in [3.63, 3.8) is 0 Å². The van der Waals surface area contributed by atoms with Gasteiger partial charge in [-0.05, 0) is 28.8 Å². The molecule has 0 radical (unpaired) electrons. The minimum Gasteiger partial charge on any atom is -0.495 e. The number of rotatable bonds is 2. The summed E-state index contributed by atoms with van der Waals surface area (Å²) in [5.41, 5.74) is 1.77. The van der Waals surface area contributed by atoms with E-state index in [2.05, 4.69) is 20.9 Å². The predicted octanol–water partition coefficient (Wildman–Crippen LogP) is 2.40. The molecular formula is C13H15BrN2O3S.